The quantitative estimate of drug-likeness (QED) is 0.600. The van der Waals surface area contributed by atoms with Crippen molar-refractivity contribution < 1.29 is 9.53 Å². The Hall–Kier alpha value is -0.730. The zero-order valence-corrected chi connectivity index (χ0v) is 9.83. The van der Waals surface area contributed by atoms with E-state index in [1.54, 1.807) is 0 Å². The largest absolute Gasteiger partial charge is 0.444 e. The van der Waals surface area contributed by atoms with E-state index in [4.69, 9.17) is 4.74 Å². The van der Waals surface area contributed by atoms with Crippen LogP contribution in [0.15, 0.2) is 0 Å². The molecular formula is C11H21NO2. The predicted molar refractivity (Wildman–Crippen MR) is 56.2 cm³/mol. The van der Waals surface area contributed by atoms with Crippen LogP contribution in [0.5, 0.6) is 0 Å². The Balaban J connectivity index is 2.53. The number of hydrogen-bond donors (Lipinski definition) is 0. The first-order valence-electron chi connectivity index (χ1n) is 5.29. The summed E-state index contributed by atoms with van der Waals surface area (Å²) in [4.78, 5) is 13.5. The molecule has 1 aliphatic heterocycles. The van der Waals surface area contributed by atoms with Crippen molar-refractivity contribution in [2.75, 3.05) is 6.54 Å². The summed E-state index contributed by atoms with van der Waals surface area (Å²) in [5.41, 5.74) is -0.386. The molecule has 1 saturated heterocycles. The number of ether oxygens (including phenoxy) is 1. The fourth-order valence-corrected chi connectivity index (χ4v) is 1.87. The molecule has 0 N–H and O–H groups in total. The summed E-state index contributed by atoms with van der Waals surface area (Å²) in [6.45, 7) is 10.8. The Labute approximate surface area is 86.4 Å². The molecule has 0 saturated carbocycles. The van der Waals surface area contributed by atoms with E-state index in [0.717, 1.165) is 13.0 Å². The van der Waals surface area contributed by atoms with Gasteiger partial charge in [-0.2, -0.15) is 0 Å². The van der Waals surface area contributed by atoms with E-state index in [-0.39, 0.29) is 11.7 Å². The lowest BCUT2D eigenvalue weighted by molar-refractivity contribution is 0.0234. The van der Waals surface area contributed by atoms with Crippen LogP contribution < -0.4 is 0 Å². The first-order valence-corrected chi connectivity index (χ1v) is 5.29. The topological polar surface area (TPSA) is 29.5 Å². The Morgan fingerprint density at radius 2 is 1.93 bits per heavy atom. The molecule has 0 spiro atoms. The fraction of sp³-hybridized carbons (Fsp3) is 0.909. The third-order valence-electron chi connectivity index (χ3n) is 2.41. The maximum atomic E-state index is 11.7. The SMILES string of the molecule is CC1C[C@H](C)CN1C(=O)OC(C)(C)C. The van der Waals surface area contributed by atoms with Crippen LogP contribution in [-0.4, -0.2) is 29.2 Å². The number of likely N-dealkylation sites (tertiary alicyclic amines) is 1. The van der Waals surface area contributed by atoms with Crippen molar-refractivity contribution in [3.8, 4) is 0 Å². The van der Waals surface area contributed by atoms with Crippen LogP contribution >= 0.6 is 0 Å². The smallest absolute Gasteiger partial charge is 0.410 e. The summed E-state index contributed by atoms with van der Waals surface area (Å²) in [6, 6.07) is 0.319. The summed E-state index contributed by atoms with van der Waals surface area (Å²) in [5, 5.41) is 0. The van der Waals surface area contributed by atoms with Crippen LogP contribution in [0.1, 0.15) is 41.0 Å². The van der Waals surface area contributed by atoms with Gasteiger partial charge in [-0.05, 0) is 40.0 Å². The van der Waals surface area contributed by atoms with E-state index in [1.807, 2.05) is 25.7 Å². The molecule has 1 rings (SSSR count). The van der Waals surface area contributed by atoms with Crippen molar-refractivity contribution in [2.24, 2.45) is 5.92 Å². The second-order valence-electron chi connectivity index (χ2n) is 5.32. The molecule has 82 valence electrons. The highest BCUT2D eigenvalue weighted by Crippen LogP contribution is 2.24. The van der Waals surface area contributed by atoms with Gasteiger partial charge in [0.15, 0.2) is 0 Å². The third kappa shape index (κ3) is 2.89. The Kier molecular flexibility index (Phi) is 3.07. The van der Waals surface area contributed by atoms with Gasteiger partial charge in [0.05, 0.1) is 0 Å². The van der Waals surface area contributed by atoms with E-state index in [0.29, 0.717) is 12.0 Å². The van der Waals surface area contributed by atoms with Gasteiger partial charge in [-0.1, -0.05) is 6.92 Å². The van der Waals surface area contributed by atoms with Gasteiger partial charge in [0.2, 0.25) is 0 Å². The average molecular weight is 199 g/mol. The molecule has 14 heavy (non-hydrogen) atoms. The second kappa shape index (κ2) is 3.79. The molecule has 0 aliphatic carbocycles. The monoisotopic (exact) mass is 199 g/mol. The maximum Gasteiger partial charge on any atom is 0.410 e. The minimum Gasteiger partial charge on any atom is -0.444 e. The van der Waals surface area contributed by atoms with Crippen molar-refractivity contribution in [1.29, 1.82) is 0 Å². The van der Waals surface area contributed by atoms with Gasteiger partial charge >= 0.3 is 6.09 Å². The minimum atomic E-state index is -0.386. The second-order valence-corrected chi connectivity index (χ2v) is 5.32. The molecule has 1 fully saturated rings. The van der Waals surface area contributed by atoms with Crippen LogP contribution in [0, 0.1) is 5.92 Å². The van der Waals surface area contributed by atoms with Gasteiger partial charge in [0, 0.05) is 12.6 Å². The van der Waals surface area contributed by atoms with Crippen LogP contribution in [0.25, 0.3) is 0 Å². The zero-order valence-electron chi connectivity index (χ0n) is 9.83. The molecule has 2 atom stereocenters. The molecule has 3 nitrogen and oxygen atoms in total. The number of nitrogens with zero attached hydrogens (tertiary/aromatic N) is 1. The Morgan fingerprint density at radius 1 is 1.36 bits per heavy atom. The highest BCUT2D eigenvalue weighted by Gasteiger charge is 2.32. The molecule has 0 aromatic rings. The Morgan fingerprint density at radius 3 is 2.29 bits per heavy atom. The Bertz CT molecular complexity index is 220. The van der Waals surface area contributed by atoms with Crippen LogP contribution in [0.4, 0.5) is 4.79 Å². The van der Waals surface area contributed by atoms with Gasteiger partial charge in [-0.3, -0.25) is 0 Å². The standard InChI is InChI=1S/C11H21NO2/c1-8-6-9(2)12(7-8)10(13)14-11(3,4)5/h8-9H,6-7H2,1-5H3/t8-,9?/m0/s1. The number of amides is 1. The van der Waals surface area contributed by atoms with E-state index in [2.05, 4.69) is 13.8 Å². The van der Waals surface area contributed by atoms with Crippen LogP contribution in [-0.2, 0) is 4.74 Å². The van der Waals surface area contributed by atoms with Crippen molar-refractivity contribution in [3.63, 3.8) is 0 Å². The van der Waals surface area contributed by atoms with Crippen molar-refractivity contribution in [1.82, 2.24) is 4.90 Å². The molecule has 1 heterocycles. The molecule has 0 radical (unpaired) electrons. The summed E-state index contributed by atoms with van der Waals surface area (Å²) in [7, 11) is 0. The molecule has 0 aromatic carbocycles. The summed E-state index contributed by atoms with van der Waals surface area (Å²) in [5.74, 6) is 0.595. The first-order chi connectivity index (χ1) is 6.29. The first kappa shape index (κ1) is 11.3. The third-order valence-corrected chi connectivity index (χ3v) is 2.41. The lowest BCUT2D eigenvalue weighted by Gasteiger charge is -2.26. The van der Waals surface area contributed by atoms with Gasteiger partial charge < -0.3 is 9.64 Å². The van der Waals surface area contributed by atoms with Gasteiger partial charge in [-0.25, -0.2) is 4.79 Å². The van der Waals surface area contributed by atoms with Gasteiger partial charge in [0.25, 0.3) is 0 Å². The molecule has 0 bridgehead atoms. The fourth-order valence-electron chi connectivity index (χ4n) is 1.87. The molecule has 1 aliphatic rings. The van der Waals surface area contributed by atoms with E-state index >= 15 is 0 Å². The van der Waals surface area contributed by atoms with Gasteiger partial charge in [-0.15, -0.1) is 0 Å². The lowest BCUT2D eigenvalue weighted by Crippen LogP contribution is -2.38. The lowest BCUT2D eigenvalue weighted by atomic mass is 10.1. The number of hydrogen-bond acceptors (Lipinski definition) is 2. The highest BCUT2D eigenvalue weighted by molar-refractivity contribution is 5.68. The molecular weight excluding hydrogens is 178 g/mol. The summed E-state index contributed by atoms with van der Waals surface area (Å²) in [6.07, 6.45) is 0.911. The zero-order chi connectivity index (χ0) is 10.9. The van der Waals surface area contributed by atoms with Crippen LogP contribution in [0.2, 0.25) is 0 Å². The van der Waals surface area contributed by atoms with Crippen molar-refractivity contribution in [2.45, 2.75) is 52.7 Å². The average Bonchev–Trinajstić information content (AvgIpc) is 2.26. The normalized spacial score (nSPS) is 27.9. The summed E-state index contributed by atoms with van der Waals surface area (Å²) < 4.78 is 5.33. The van der Waals surface area contributed by atoms with Crippen molar-refractivity contribution in [3.05, 3.63) is 0 Å². The predicted octanol–water partition coefficient (Wildman–Crippen LogP) is 2.65. The number of rotatable bonds is 0. The minimum absolute atomic E-state index is 0.172. The van der Waals surface area contributed by atoms with Gasteiger partial charge in [0.1, 0.15) is 5.60 Å². The molecule has 1 unspecified atom stereocenters. The van der Waals surface area contributed by atoms with E-state index in [1.165, 1.54) is 0 Å². The number of carbonyl (C=O) groups excluding carboxylic acids is 1. The molecule has 0 aromatic heterocycles. The summed E-state index contributed by atoms with van der Waals surface area (Å²) >= 11 is 0. The highest BCUT2D eigenvalue weighted by atomic mass is 16.6. The van der Waals surface area contributed by atoms with Crippen molar-refractivity contribution >= 4 is 6.09 Å². The maximum absolute atomic E-state index is 11.7. The molecule has 1 amide bonds. The van der Waals surface area contributed by atoms with E-state index < -0.39 is 0 Å². The number of carbonyl (C=O) groups is 1. The molecule has 3 heteroatoms. The van der Waals surface area contributed by atoms with Crippen LogP contribution in [0.3, 0.4) is 0 Å². The van der Waals surface area contributed by atoms with E-state index in [9.17, 15) is 4.79 Å².